The van der Waals surface area contributed by atoms with E-state index >= 15 is 0 Å². The summed E-state index contributed by atoms with van der Waals surface area (Å²) in [4.78, 5) is 14.1. The summed E-state index contributed by atoms with van der Waals surface area (Å²) < 4.78 is 26.4. The lowest BCUT2D eigenvalue weighted by Gasteiger charge is -2.28. The molecule has 188 valence electrons. The van der Waals surface area contributed by atoms with Gasteiger partial charge in [0.2, 0.25) is 15.9 Å². The van der Waals surface area contributed by atoms with E-state index in [1.165, 1.54) is 18.2 Å². The van der Waals surface area contributed by atoms with Gasteiger partial charge in [-0.2, -0.15) is 0 Å². The van der Waals surface area contributed by atoms with E-state index in [4.69, 9.17) is 0 Å². The third kappa shape index (κ3) is 7.70. The van der Waals surface area contributed by atoms with Crippen molar-refractivity contribution >= 4 is 38.5 Å². The van der Waals surface area contributed by atoms with Crippen LogP contribution in [-0.4, -0.2) is 49.6 Å². The molecule has 0 bridgehead atoms. The summed E-state index contributed by atoms with van der Waals surface area (Å²) in [6.45, 7) is 6.41. The maximum atomic E-state index is 13.1. The molecule has 0 aliphatic heterocycles. The largest absolute Gasteiger partial charge is 0.391 e. The molecule has 2 aromatic carbocycles. The maximum absolute atomic E-state index is 13.1. The zero-order valence-electron chi connectivity index (χ0n) is 20.5. The minimum absolute atomic E-state index is 0.251. The Morgan fingerprint density at radius 2 is 1.85 bits per heavy atom. The van der Waals surface area contributed by atoms with Crippen molar-refractivity contribution in [3.05, 3.63) is 42.5 Å². The molecule has 3 rings (SSSR count). The van der Waals surface area contributed by atoms with Crippen LogP contribution in [-0.2, 0) is 14.8 Å². The van der Waals surface area contributed by atoms with Gasteiger partial charge in [0.25, 0.3) is 0 Å². The molecule has 2 aromatic rings. The molecule has 34 heavy (non-hydrogen) atoms. The number of hydrogen-bond acceptors (Lipinski definition) is 5. The minimum Gasteiger partial charge on any atom is -0.391 e. The van der Waals surface area contributed by atoms with Gasteiger partial charge < -0.3 is 10.4 Å². The Kier molecular flexibility index (Phi) is 9.43. The highest BCUT2D eigenvalue weighted by molar-refractivity contribution is 7.99. The smallest absolute Gasteiger partial charge is 0.239 e. The summed E-state index contributed by atoms with van der Waals surface area (Å²) >= 11 is 1.43. The van der Waals surface area contributed by atoms with E-state index in [9.17, 15) is 18.3 Å². The highest BCUT2D eigenvalue weighted by Gasteiger charge is 2.33. The van der Waals surface area contributed by atoms with Crippen molar-refractivity contribution in [2.24, 2.45) is 17.8 Å². The SMILES string of the molecule is CCC(NC(=O)C(CSc1ccc2ccccc2c1)NS(C)(=O)=O)C(O)CC1CC(C)CC1C. The van der Waals surface area contributed by atoms with Gasteiger partial charge in [0.1, 0.15) is 6.04 Å². The first-order chi connectivity index (χ1) is 16.1. The molecule has 1 saturated carbocycles. The van der Waals surface area contributed by atoms with E-state index in [-0.39, 0.29) is 5.75 Å². The van der Waals surface area contributed by atoms with E-state index in [0.29, 0.717) is 30.6 Å². The molecule has 1 amide bonds. The summed E-state index contributed by atoms with van der Waals surface area (Å²) in [5.41, 5.74) is 0. The van der Waals surface area contributed by atoms with Gasteiger partial charge >= 0.3 is 0 Å². The Labute approximate surface area is 208 Å². The quantitative estimate of drug-likeness (QED) is 0.398. The fourth-order valence-corrected chi connectivity index (χ4v) is 6.87. The number of aliphatic hydroxyl groups is 1. The highest BCUT2D eigenvalue weighted by Crippen LogP contribution is 2.38. The van der Waals surface area contributed by atoms with Crippen LogP contribution in [0.2, 0.25) is 0 Å². The van der Waals surface area contributed by atoms with Crippen LogP contribution in [0.4, 0.5) is 0 Å². The Morgan fingerprint density at radius 1 is 1.15 bits per heavy atom. The number of amides is 1. The van der Waals surface area contributed by atoms with Gasteiger partial charge in [-0.3, -0.25) is 4.79 Å². The molecule has 0 saturated heterocycles. The van der Waals surface area contributed by atoms with Gasteiger partial charge in [-0.15, -0.1) is 11.8 Å². The second-order valence-corrected chi connectivity index (χ2v) is 12.8. The molecule has 6 atom stereocenters. The van der Waals surface area contributed by atoms with Crippen LogP contribution in [0.25, 0.3) is 10.8 Å². The lowest BCUT2D eigenvalue weighted by atomic mass is 9.89. The van der Waals surface area contributed by atoms with Crippen LogP contribution in [0.15, 0.2) is 47.4 Å². The summed E-state index contributed by atoms with van der Waals surface area (Å²) in [6.07, 6.45) is 3.91. The van der Waals surface area contributed by atoms with Crippen LogP contribution >= 0.6 is 11.8 Å². The summed E-state index contributed by atoms with van der Waals surface area (Å²) in [5.74, 6) is 1.52. The number of benzene rings is 2. The summed E-state index contributed by atoms with van der Waals surface area (Å²) in [5, 5.41) is 16.0. The number of nitrogens with one attached hydrogen (secondary N) is 2. The minimum atomic E-state index is -3.59. The Balaban J connectivity index is 1.65. The molecular formula is C26H38N2O4S2. The van der Waals surface area contributed by atoms with Crippen LogP contribution in [0.5, 0.6) is 0 Å². The van der Waals surface area contributed by atoms with Gasteiger partial charge in [-0.05, 0) is 66.3 Å². The zero-order valence-corrected chi connectivity index (χ0v) is 22.2. The molecular weight excluding hydrogens is 468 g/mol. The average Bonchev–Trinajstić information content (AvgIpc) is 3.10. The number of carbonyl (C=O) groups excluding carboxylic acids is 1. The number of thioether (sulfide) groups is 1. The lowest BCUT2D eigenvalue weighted by Crippen LogP contribution is -2.53. The molecule has 6 nitrogen and oxygen atoms in total. The van der Waals surface area contributed by atoms with E-state index in [2.05, 4.69) is 23.9 Å². The topological polar surface area (TPSA) is 95.5 Å². The van der Waals surface area contributed by atoms with E-state index < -0.39 is 34.1 Å². The first-order valence-corrected chi connectivity index (χ1v) is 15.0. The fourth-order valence-electron chi connectivity index (χ4n) is 5.09. The number of fused-ring (bicyclic) bond motifs is 1. The second kappa shape index (κ2) is 11.9. The van der Waals surface area contributed by atoms with Crippen LogP contribution in [0.3, 0.4) is 0 Å². The maximum Gasteiger partial charge on any atom is 0.239 e. The monoisotopic (exact) mass is 506 g/mol. The van der Waals surface area contributed by atoms with Gasteiger partial charge in [0.05, 0.1) is 18.4 Å². The van der Waals surface area contributed by atoms with Gasteiger partial charge in [0, 0.05) is 10.6 Å². The average molecular weight is 507 g/mol. The van der Waals surface area contributed by atoms with Crippen molar-refractivity contribution < 1.29 is 18.3 Å². The molecule has 1 aliphatic carbocycles. The zero-order chi connectivity index (χ0) is 24.9. The summed E-state index contributed by atoms with van der Waals surface area (Å²) in [6, 6.07) is 12.7. The summed E-state index contributed by atoms with van der Waals surface area (Å²) in [7, 11) is -3.59. The Morgan fingerprint density at radius 3 is 2.47 bits per heavy atom. The third-order valence-electron chi connectivity index (χ3n) is 6.87. The number of hydrogen-bond donors (Lipinski definition) is 3. The molecule has 0 radical (unpaired) electrons. The third-order valence-corrected chi connectivity index (χ3v) is 8.67. The predicted octanol–water partition coefficient (Wildman–Crippen LogP) is 4.18. The predicted molar refractivity (Wildman–Crippen MR) is 140 cm³/mol. The number of rotatable bonds is 11. The van der Waals surface area contributed by atoms with Gasteiger partial charge in [0.15, 0.2) is 0 Å². The van der Waals surface area contributed by atoms with E-state index in [0.717, 1.165) is 28.3 Å². The molecule has 3 N–H and O–H groups in total. The molecule has 6 unspecified atom stereocenters. The number of sulfonamides is 1. The van der Waals surface area contributed by atoms with Crippen LogP contribution in [0, 0.1) is 17.8 Å². The fraction of sp³-hybridized carbons (Fsp3) is 0.577. The molecule has 0 spiro atoms. The van der Waals surface area contributed by atoms with Crippen molar-refractivity contribution in [2.75, 3.05) is 12.0 Å². The number of carbonyl (C=O) groups is 1. The first-order valence-electron chi connectivity index (χ1n) is 12.1. The van der Waals surface area contributed by atoms with Crippen molar-refractivity contribution in [1.82, 2.24) is 10.0 Å². The number of aliphatic hydroxyl groups excluding tert-OH is 1. The lowest BCUT2D eigenvalue weighted by molar-refractivity contribution is -0.124. The van der Waals surface area contributed by atoms with Crippen LogP contribution in [0.1, 0.15) is 46.5 Å². The first kappa shape index (κ1) is 27.0. The van der Waals surface area contributed by atoms with E-state index in [1.807, 2.05) is 49.4 Å². The van der Waals surface area contributed by atoms with Gasteiger partial charge in [-0.25, -0.2) is 13.1 Å². The van der Waals surface area contributed by atoms with Crippen molar-refractivity contribution in [3.63, 3.8) is 0 Å². The van der Waals surface area contributed by atoms with Crippen molar-refractivity contribution in [2.45, 2.75) is 69.5 Å². The van der Waals surface area contributed by atoms with Crippen molar-refractivity contribution in [3.8, 4) is 0 Å². The highest BCUT2D eigenvalue weighted by atomic mass is 32.2. The normalized spacial score (nSPS) is 23.5. The molecule has 8 heteroatoms. The van der Waals surface area contributed by atoms with Crippen LogP contribution < -0.4 is 10.0 Å². The molecule has 1 fully saturated rings. The van der Waals surface area contributed by atoms with Gasteiger partial charge in [-0.1, -0.05) is 51.1 Å². The van der Waals surface area contributed by atoms with Crippen molar-refractivity contribution in [1.29, 1.82) is 0 Å². The Bertz CT molecular complexity index is 1080. The molecule has 1 aliphatic rings. The standard InChI is InChI=1S/C26H38N2O4S2/c1-5-23(25(29)15-21-13-17(2)12-18(21)3)27-26(30)24(28-34(4,31)32)16-33-22-11-10-19-8-6-7-9-20(19)14-22/h6-11,14,17-18,21,23-25,28-29H,5,12-13,15-16H2,1-4H3,(H,27,30). The molecule has 0 aromatic heterocycles. The second-order valence-electron chi connectivity index (χ2n) is 9.90. The molecule has 0 heterocycles. The Hall–Kier alpha value is -1.61. The van der Waals surface area contributed by atoms with E-state index in [1.54, 1.807) is 0 Å².